The number of nitrogens with zero attached hydrogens (tertiary/aromatic N) is 2. The number of hydrogen-bond donors (Lipinski definition) is 0. The molecule has 0 unspecified atom stereocenters. The zero-order valence-corrected chi connectivity index (χ0v) is 32.7. The molecular formula is C56H40N2O. The van der Waals surface area contributed by atoms with E-state index in [1.54, 1.807) is 7.11 Å². The lowest BCUT2D eigenvalue weighted by Gasteiger charge is -2.35. The third-order valence-electron chi connectivity index (χ3n) is 12.2. The summed E-state index contributed by atoms with van der Waals surface area (Å²) in [5.41, 5.74) is 16.2. The van der Waals surface area contributed by atoms with E-state index in [0.29, 0.717) is 0 Å². The van der Waals surface area contributed by atoms with Crippen LogP contribution in [0.25, 0.3) is 49.7 Å². The third kappa shape index (κ3) is 5.50. The minimum Gasteiger partial charge on any atom is -0.497 e. The molecule has 0 aliphatic heterocycles. The van der Waals surface area contributed by atoms with Crippen LogP contribution in [-0.2, 0) is 5.41 Å². The van der Waals surface area contributed by atoms with E-state index in [9.17, 15) is 0 Å². The molecule has 0 saturated carbocycles. The topological polar surface area (TPSA) is 17.4 Å². The standard InChI is InChI=1S/C56H40N2O/c1-59-47-35-32-44(33-36-47)57(43-28-24-39(25-29-43)40-26-30-45(31-27-40)58-54-22-12-9-19-50(54)51-20-10-13-23-55(51)58)46-34-37-49-48-18-8-11-21-52(48)56(53(49)38-46,41-14-4-2-5-15-41)42-16-6-3-7-17-42/h2-38H,1H3. The lowest BCUT2D eigenvalue weighted by atomic mass is 9.67. The number of benzene rings is 9. The van der Waals surface area contributed by atoms with Crippen LogP contribution < -0.4 is 9.64 Å². The Labute approximate surface area is 344 Å². The van der Waals surface area contributed by atoms with Gasteiger partial charge in [0.25, 0.3) is 0 Å². The summed E-state index contributed by atoms with van der Waals surface area (Å²) >= 11 is 0. The molecule has 0 bridgehead atoms. The highest BCUT2D eigenvalue weighted by Crippen LogP contribution is 2.57. The average molecular weight is 757 g/mol. The van der Waals surface area contributed by atoms with Gasteiger partial charge in [-0.2, -0.15) is 0 Å². The first kappa shape index (κ1) is 34.6. The van der Waals surface area contributed by atoms with Crippen molar-refractivity contribution < 1.29 is 4.74 Å². The van der Waals surface area contributed by atoms with Crippen molar-refractivity contribution in [1.29, 1.82) is 0 Å². The highest BCUT2D eigenvalue weighted by molar-refractivity contribution is 6.09. The predicted octanol–water partition coefficient (Wildman–Crippen LogP) is 14.3. The second kappa shape index (κ2) is 14.1. The summed E-state index contributed by atoms with van der Waals surface area (Å²) in [4.78, 5) is 2.36. The van der Waals surface area contributed by atoms with Crippen LogP contribution in [0, 0.1) is 0 Å². The van der Waals surface area contributed by atoms with E-state index in [2.05, 4.69) is 222 Å². The van der Waals surface area contributed by atoms with E-state index >= 15 is 0 Å². The van der Waals surface area contributed by atoms with Crippen LogP contribution in [0.3, 0.4) is 0 Å². The molecule has 1 aromatic heterocycles. The average Bonchev–Trinajstić information content (AvgIpc) is 3.81. The van der Waals surface area contributed by atoms with Gasteiger partial charge in [-0.3, -0.25) is 0 Å². The van der Waals surface area contributed by atoms with Crippen LogP contribution in [0.1, 0.15) is 22.3 Å². The summed E-state index contributed by atoms with van der Waals surface area (Å²) in [6.07, 6.45) is 0. The van der Waals surface area contributed by atoms with Crippen molar-refractivity contribution in [1.82, 2.24) is 4.57 Å². The summed E-state index contributed by atoms with van der Waals surface area (Å²) in [7, 11) is 1.71. The van der Waals surface area contributed by atoms with Gasteiger partial charge in [-0.15, -0.1) is 0 Å². The summed E-state index contributed by atoms with van der Waals surface area (Å²) in [6, 6.07) is 81.5. The van der Waals surface area contributed by atoms with Gasteiger partial charge in [0.1, 0.15) is 5.75 Å². The predicted molar refractivity (Wildman–Crippen MR) is 245 cm³/mol. The fraction of sp³-hybridized carbons (Fsp3) is 0.0357. The molecule has 11 rings (SSSR count). The van der Waals surface area contributed by atoms with Crippen molar-refractivity contribution >= 4 is 38.9 Å². The summed E-state index contributed by atoms with van der Waals surface area (Å²) in [5, 5.41) is 2.53. The fourth-order valence-electron chi connectivity index (χ4n) is 9.56. The summed E-state index contributed by atoms with van der Waals surface area (Å²) in [6.45, 7) is 0. The maximum absolute atomic E-state index is 5.60. The molecule has 59 heavy (non-hydrogen) atoms. The van der Waals surface area contributed by atoms with Gasteiger partial charge >= 0.3 is 0 Å². The van der Waals surface area contributed by atoms with Crippen molar-refractivity contribution in [2.75, 3.05) is 12.0 Å². The van der Waals surface area contributed by atoms with Crippen LogP contribution >= 0.6 is 0 Å². The molecule has 0 fully saturated rings. The van der Waals surface area contributed by atoms with Gasteiger partial charge in [-0.05, 0) is 117 Å². The van der Waals surface area contributed by atoms with Gasteiger partial charge in [-0.1, -0.05) is 152 Å². The second-order valence-corrected chi connectivity index (χ2v) is 15.3. The maximum atomic E-state index is 5.60. The van der Waals surface area contributed by atoms with Crippen molar-refractivity contribution in [2.24, 2.45) is 0 Å². The first-order chi connectivity index (χ1) is 29.2. The largest absolute Gasteiger partial charge is 0.497 e. The van der Waals surface area contributed by atoms with Crippen molar-refractivity contribution in [3.8, 4) is 33.7 Å². The number of aromatic nitrogens is 1. The Kier molecular flexibility index (Phi) is 8.27. The van der Waals surface area contributed by atoms with Gasteiger partial charge in [-0.25, -0.2) is 0 Å². The van der Waals surface area contributed by atoms with Crippen molar-refractivity contribution in [3.05, 3.63) is 247 Å². The van der Waals surface area contributed by atoms with E-state index in [0.717, 1.165) is 34.1 Å². The molecule has 1 aliphatic carbocycles. The fourth-order valence-corrected chi connectivity index (χ4v) is 9.56. The molecule has 10 aromatic rings. The Morgan fingerprint density at radius 3 is 1.47 bits per heavy atom. The van der Waals surface area contributed by atoms with E-state index in [1.807, 2.05) is 12.1 Å². The highest BCUT2D eigenvalue weighted by Gasteiger charge is 2.46. The minimum absolute atomic E-state index is 0.495. The Balaban J connectivity index is 1.02. The van der Waals surface area contributed by atoms with Gasteiger partial charge in [0.05, 0.1) is 23.6 Å². The van der Waals surface area contributed by atoms with Crippen LogP contribution in [0.4, 0.5) is 17.1 Å². The molecule has 0 saturated heterocycles. The number of methoxy groups -OCH3 is 1. The van der Waals surface area contributed by atoms with Gasteiger partial charge in [0, 0.05) is 33.5 Å². The zero-order valence-electron chi connectivity index (χ0n) is 32.7. The van der Waals surface area contributed by atoms with E-state index < -0.39 is 5.41 Å². The molecule has 0 radical (unpaired) electrons. The highest BCUT2D eigenvalue weighted by atomic mass is 16.5. The molecule has 0 atom stereocenters. The first-order valence-corrected chi connectivity index (χ1v) is 20.2. The summed E-state index contributed by atoms with van der Waals surface area (Å²) in [5.74, 6) is 0.824. The van der Waals surface area contributed by atoms with E-state index in [-0.39, 0.29) is 0 Å². The van der Waals surface area contributed by atoms with Gasteiger partial charge in [0.15, 0.2) is 0 Å². The van der Waals surface area contributed by atoms with Crippen LogP contribution in [0.15, 0.2) is 224 Å². The lowest BCUT2D eigenvalue weighted by molar-refractivity contribution is 0.415. The molecule has 280 valence electrons. The molecule has 1 aliphatic rings. The molecule has 1 heterocycles. The number of rotatable bonds is 8. The van der Waals surface area contributed by atoms with E-state index in [4.69, 9.17) is 4.74 Å². The Morgan fingerprint density at radius 1 is 0.407 bits per heavy atom. The molecule has 0 amide bonds. The summed E-state index contributed by atoms with van der Waals surface area (Å²) < 4.78 is 7.97. The monoisotopic (exact) mass is 756 g/mol. The maximum Gasteiger partial charge on any atom is 0.119 e. The lowest BCUT2D eigenvalue weighted by Crippen LogP contribution is -2.28. The number of ether oxygens (including phenoxy) is 1. The number of para-hydroxylation sites is 2. The van der Waals surface area contributed by atoms with Crippen LogP contribution in [0.5, 0.6) is 5.75 Å². The quantitative estimate of drug-likeness (QED) is 0.154. The second-order valence-electron chi connectivity index (χ2n) is 15.3. The van der Waals surface area contributed by atoms with Gasteiger partial charge in [0.2, 0.25) is 0 Å². The SMILES string of the molecule is COc1ccc(N(c2ccc(-c3ccc(-n4c5ccccc5c5ccccc54)cc3)cc2)c2ccc3c(c2)C(c2ccccc2)(c2ccccc2)c2ccccc2-3)cc1. The number of anilines is 3. The molecule has 9 aromatic carbocycles. The molecule has 3 nitrogen and oxygen atoms in total. The normalized spacial score (nSPS) is 12.6. The van der Waals surface area contributed by atoms with E-state index in [1.165, 1.54) is 60.8 Å². The number of hydrogen-bond acceptors (Lipinski definition) is 2. The number of fused-ring (bicyclic) bond motifs is 6. The first-order valence-electron chi connectivity index (χ1n) is 20.2. The smallest absolute Gasteiger partial charge is 0.119 e. The van der Waals surface area contributed by atoms with Crippen LogP contribution in [0.2, 0.25) is 0 Å². The van der Waals surface area contributed by atoms with Crippen molar-refractivity contribution in [2.45, 2.75) is 5.41 Å². The molecule has 0 N–H and O–H groups in total. The Hall–Kier alpha value is -7.62. The van der Waals surface area contributed by atoms with Gasteiger partial charge < -0.3 is 14.2 Å². The molecule has 0 spiro atoms. The minimum atomic E-state index is -0.495. The zero-order chi connectivity index (χ0) is 39.3. The Bertz CT molecular complexity index is 3020. The molecular weight excluding hydrogens is 717 g/mol. The van der Waals surface area contributed by atoms with Crippen LogP contribution in [-0.4, -0.2) is 11.7 Å². The third-order valence-corrected chi connectivity index (χ3v) is 12.2. The Morgan fingerprint density at radius 2 is 0.881 bits per heavy atom. The van der Waals surface area contributed by atoms with Crippen molar-refractivity contribution in [3.63, 3.8) is 0 Å². The molecule has 3 heteroatoms.